The van der Waals surface area contributed by atoms with Crippen molar-refractivity contribution in [2.45, 2.75) is 257 Å². The summed E-state index contributed by atoms with van der Waals surface area (Å²) in [6.45, 7) is -12.1. The lowest BCUT2D eigenvalue weighted by Crippen LogP contribution is -2.65. The summed E-state index contributed by atoms with van der Waals surface area (Å²) in [5.74, 6) is -4.52. The zero-order chi connectivity index (χ0) is 84.1. The maximum absolute atomic E-state index is 10.4. The minimum Gasteiger partial charge on any atom is -0.394 e. The van der Waals surface area contributed by atoms with Crippen molar-refractivity contribution in [1.29, 1.82) is 0 Å². The van der Waals surface area contributed by atoms with Crippen molar-refractivity contribution in [3.63, 3.8) is 0 Å². The molecule has 8 rings (SSSR count). The van der Waals surface area contributed by atoms with Gasteiger partial charge in [0, 0.05) is 0 Å². The Labute approximate surface area is 634 Å². The molecule has 52 heteroatoms. The van der Waals surface area contributed by atoms with Gasteiger partial charge < -0.3 is 260 Å². The van der Waals surface area contributed by atoms with Crippen LogP contribution in [0.1, 0.15) is 0 Å². The Bertz CT molecular complexity index is 2540. The molecular formula is C60H112O52. The smallest absolute Gasteiger partial charge is 0.222 e. The molecule has 52 nitrogen and oxygen atoms in total. The molecule has 0 aromatic carbocycles. The van der Waals surface area contributed by atoms with Crippen LogP contribution >= 0.6 is 0 Å². The molecule has 8 saturated heterocycles. The summed E-state index contributed by atoms with van der Waals surface area (Å²) in [5, 5.41) is 348. The van der Waals surface area contributed by atoms with Crippen molar-refractivity contribution in [3.8, 4) is 0 Å². The molecule has 34 unspecified atom stereocenters. The fourth-order valence-electron chi connectivity index (χ4n) is 12.2. The fraction of sp³-hybridized carbons (Fsp3) is 1.00. The van der Waals surface area contributed by atoms with Crippen molar-refractivity contribution in [2.75, 3.05) is 119 Å². The predicted octanol–water partition coefficient (Wildman–Crippen LogP) is -24.1. The van der Waals surface area contributed by atoms with E-state index in [2.05, 4.69) is 0 Å². The van der Waals surface area contributed by atoms with Crippen LogP contribution in [0.2, 0.25) is 0 Å². The molecule has 8 fully saturated rings. The Morgan fingerprint density at radius 2 is 0.500 bits per heavy atom. The van der Waals surface area contributed by atoms with Crippen LogP contribution in [0.15, 0.2) is 0 Å². The van der Waals surface area contributed by atoms with Crippen molar-refractivity contribution < 1.29 is 260 Å². The van der Waals surface area contributed by atoms with E-state index in [0.717, 1.165) is 0 Å². The van der Waals surface area contributed by atoms with Gasteiger partial charge in [0.25, 0.3) is 0 Å². The van der Waals surface area contributed by atoms with E-state index < -0.39 is 376 Å². The first-order chi connectivity index (χ1) is 53.0. The lowest BCUT2D eigenvalue weighted by molar-refractivity contribution is -0.367. The zero-order valence-electron chi connectivity index (χ0n) is 59.5. The zero-order valence-corrected chi connectivity index (χ0v) is 59.5. The minimum absolute atomic E-state index is 0.415. The molecule has 0 bridgehead atoms. The molecule has 0 amide bonds. The third-order valence-corrected chi connectivity index (χ3v) is 18.8. The summed E-state index contributed by atoms with van der Waals surface area (Å²) < 4.78 is 84.2. The summed E-state index contributed by atoms with van der Waals surface area (Å²) >= 11 is 0. The summed E-state index contributed by atoms with van der Waals surface area (Å²) in [7, 11) is 0. The molecule has 8 aliphatic rings. The standard InChI is InChI=1S/4C15H28O13/c16-1-6(20)4-25-14-11(23)10(22)12(8(3-18)26-14)28-15(5-19)13(24)9(21)7(2-17)27-15;16-1-6(2-17)25-14-11(23)10(22)12(8(4-19)26-14)28-15(5-20)13(24)9(21)7(3-18)27-15;16-1-5(19)4-25-14-12(24)10(22)13(7(3-18)27-14)28-15-11(23)9(21)8(20)6(2-17)26-15;16-1-5(2-17)25-14-12(24)10(22)13(7(4-19)27-14)28-15-11(23)9(21)8(20)6(3-18)26-15/h2*6-14,16-24H,1-5H2;2*5-24H,1-4H2/t6?,7?,8?,9?,10?,11?,12-,13?,14?,15+;7?,8?,9?,10?,11?,12-,13?,14?,15+;5?,6?,7?,8?,9?,10?,11?,12?,13-,14?,15?;6?,7?,8?,9?,10?,11?,12?,13-,14?,15?/m0000/s1. The van der Waals surface area contributed by atoms with Gasteiger partial charge in [-0.05, 0) is 0 Å². The quantitative estimate of drug-likeness (QED) is 0.0284. The van der Waals surface area contributed by atoms with Gasteiger partial charge in [-0.15, -0.1) is 0 Å². The van der Waals surface area contributed by atoms with Crippen LogP contribution in [0.5, 0.6) is 0 Å². The van der Waals surface area contributed by atoms with Crippen molar-refractivity contribution in [2.24, 2.45) is 0 Å². The summed E-state index contributed by atoms with van der Waals surface area (Å²) in [5.41, 5.74) is 0. The number of hydrogen-bond donors (Lipinski definition) is 36. The van der Waals surface area contributed by atoms with Gasteiger partial charge in [-0.2, -0.15) is 0 Å². The van der Waals surface area contributed by atoms with E-state index in [1.54, 1.807) is 0 Å². The van der Waals surface area contributed by atoms with Gasteiger partial charge in [-0.25, -0.2) is 0 Å². The highest BCUT2D eigenvalue weighted by Gasteiger charge is 2.62. The monoisotopic (exact) mass is 1660 g/mol. The highest BCUT2D eigenvalue weighted by Crippen LogP contribution is 2.40. The second-order valence-electron chi connectivity index (χ2n) is 26.7. The van der Waals surface area contributed by atoms with Gasteiger partial charge in [0.15, 0.2) is 37.7 Å². The molecule has 0 aromatic heterocycles. The van der Waals surface area contributed by atoms with Crippen LogP contribution in [0.3, 0.4) is 0 Å². The number of aliphatic hydroxyl groups is 36. The van der Waals surface area contributed by atoms with E-state index in [0.29, 0.717) is 0 Å². The number of ether oxygens (including phenoxy) is 16. The third kappa shape index (κ3) is 24.2. The molecule has 40 atom stereocenters. The first kappa shape index (κ1) is 100. The first-order valence-electron chi connectivity index (χ1n) is 34.9. The molecule has 0 radical (unpaired) electrons. The van der Waals surface area contributed by atoms with Crippen LogP contribution < -0.4 is 0 Å². The lowest BCUT2D eigenvalue weighted by Gasteiger charge is -2.46. The molecule has 36 N–H and O–H groups in total. The van der Waals surface area contributed by atoms with E-state index in [4.69, 9.17) is 106 Å². The Kier molecular flexibility index (Phi) is 42.4. The molecule has 664 valence electrons. The molecule has 0 spiro atoms. The van der Waals surface area contributed by atoms with Gasteiger partial charge in [0.05, 0.1) is 106 Å². The van der Waals surface area contributed by atoms with E-state index in [9.17, 15) is 153 Å². The number of rotatable bonds is 34. The van der Waals surface area contributed by atoms with Gasteiger partial charge in [-0.3, -0.25) is 0 Å². The molecule has 0 aromatic rings. The average Bonchev–Trinajstić information content (AvgIpc) is 1.61. The largest absolute Gasteiger partial charge is 0.394 e. The Balaban J connectivity index is 0.000000267. The van der Waals surface area contributed by atoms with Crippen molar-refractivity contribution in [1.82, 2.24) is 0 Å². The van der Waals surface area contributed by atoms with Crippen LogP contribution in [-0.2, 0) is 75.8 Å². The van der Waals surface area contributed by atoms with Gasteiger partial charge >= 0.3 is 0 Å². The predicted molar refractivity (Wildman–Crippen MR) is 342 cm³/mol. The highest BCUT2D eigenvalue weighted by molar-refractivity contribution is 5.03. The van der Waals surface area contributed by atoms with E-state index in [-0.39, 0.29) is 0 Å². The number of aliphatic hydroxyl groups excluding tert-OH is 36. The van der Waals surface area contributed by atoms with Crippen LogP contribution in [0, 0.1) is 0 Å². The third-order valence-electron chi connectivity index (χ3n) is 18.8. The minimum atomic E-state index is -2.26. The van der Waals surface area contributed by atoms with E-state index >= 15 is 0 Å². The molecule has 0 aliphatic carbocycles. The Hall–Kier alpha value is -2.08. The second kappa shape index (κ2) is 47.2. The average molecular weight is 1670 g/mol. The molecule has 8 aliphatic heterocycles. The first-order valence-corrected chi connectivity index (χ1v) is 34.9. The SMILES string of the molecule is OCC(CO)OC1OC(CO)[C@H](OC2OC(CO)C(O)C(O)C2O)C(O)C1O.OCC(CO)OC1OC(CO)[C@H](O[C@@]2(CO)OC(CO)C(O)C2O)C(O)C1O.OCC(O)COC1OC(CO)[C@H](OC2OC(CO)C(O)C(O)C2O)C(O)C1O.OCC(O)COC1OC(CO)[C@H](O[C@@]2(CO)OC(CO)C(O)C2O)C(O)C1O. The highest BCUT2D eigenvalue weighted by atomic mass is 16.8. The van der Waals surface area contributed by atoms with Crippen LogP contribution in [-0.4, -0.2) is 560 Å². The Morgan fingerprint density at radius 3 is 0.759 bits per heavy atom. The second-order valence-corrected chi connectivity index (χ2v) is 26.7. The Morgan fingerprint density at radius 1 is 0.250 bits per heavy atom. The van der Waals surface area contributed by atoms with Crippen LogP contribution in [0.25, 0.3) is 0 Å². The molecule has 8 heterocycles. The normalized spacial score (nSPS) is 45.1. The summed E-state index contributed by atoms with van der Waals surface area (Å²) in [4.78, 5) is 0. The fourth-order valence-corrected chi connectivity index (χ4v) is 12.2. The summed E-state index contributed by atoms with van der Waals surface area (Å²) in [6, 6.07) is 0. The number of hydrogen-bond acceptors (Lipinski definition) is 52. The topological polar surface area (TPSA) is 876 Å². The summed E-state index contributed by atoms with van der Waals surface area (Å²) in [6.07, 6.45) is -61.1. The maximum atomic E-state index is 10.4. The van der Waals surface area contributed by atoms with Gasteiger partial charge in [-0.1, -0.05) is 0 Å². The van der Waals surface area contributed by atoms with Crippen molar-refractivity contribution in [3.05, 3.63) is 0 Å². The van der Waals surface area contributed by atoms with Crippen LogP contribution in [0.4, 0.5) is 0 Å². The van der Waals surface area contributed by atoms with E-state index in [1.807, 2.05) is 0 Å². The molecule has 112 heavy (non-hydrogen) atoms. The maximum Gasteiger partial charge on any atom is 0.222 e. The molecular weight excluding hydrogens is 1550 g/mol. The van der Waals surface area contributed by atoms with Gasteiger partial charge in [0.1, 0.15) is 221 Å². The van der Waals surface area contributed by atoms with E-state index in [1.165, 1.54) is 0 Å². The van der Waals surface area contributed by atoms with Crippen molar-refractivity contribution >= 4 is 0 Å². The lowest BCUT2D eigenvalue weighted by atomic mass is 9.97. The van der Waals surface area contributed by atoms with Gasteiger partial charge in [0.2, 0.25) is 11.6 Å². The molecule has 0 saturated carbocycles.